The van der Waals surface area contributed by atoms with Crippen molar-refractivity contribution < 1.29 is 19.1 Å². The summed E-state index contributed by atoms with van der Waals surface area (Å²) in [7, 11) is 1.20. The second-order valence-electron chi connectivity index (χ2n) is 8.64. The average Bonchev–Trinajstić information content (AvgIpc) is 3.28. The lowest BCUT2D eigenvalue weighted by Crippen LogP contribution is -2.46. The van der Waals surface area contributed by atoms with Crippen molar-refractivity contribution in [3.63, 3.8) is 0 Å². The summed E-state index contributed by atoms with van der Waals surface area (Å²) in [5.74, 6) is -1.84. The van der Waals surface area contributed by atoms with Crippen molar-refractivity contribution in [3.8, 4) is 22.5 Å². The maximum Gasteiger partial charge on any atom is 0.325 e. The fourth-order valence-corrected chi connectivity index (χ4v) is 3.65. The maximum atomic E-state index is 13.0. The standard InChI is InChI=1S/C26H25N5O5/c1-26(2,25(35)27-15-22(34)36-3)20(32)16-31-21(33)13-12-18(28-31)23-19-11-7-8-14-30(19)29-24(23)17-9-5-4-6-10-17/h4-14H,15-16H2,1-3H3,(H,27,35). The second-order valence-corrected chi connectivity index (χ2v) is 8.64. The van der Waals surface area contributed by atoms with Crippen LogP contribution in [0.4, 0.5) is 0 Å². The average molecular weight is 488 g/mol. The van der Waals surface area contributed by atoms with Crippen molar-refractivity contribution in [1.82, 2.24) is 24.7 Å². The molecule has 1 N–H and O–H groups in total. The monoisotopic (exact) mass is 487 g/mol. The Balaban J connectivity index is 1.70. The predicted octanol–water partition coefficient (Wildman–Crippen LogP) is 2.11. The van der Waals surface area contributed by atoms with Crippen LogP contribution in [0.5, 0.6) is 0 Å². The van der Waals surface area contributed by atoms with Gasteiger partial charge in [0.2, 0.25) is 5.91 Å². The fraction of sp³-hybridized carbons (Fsp3) is 0.231. The predicted molar refractivity (Wildman–Crippen MR) is 132 cm³/mol. The fourth-order valence-electron chi connectivity index (χ4n) is 3.65. The molecular weight excluding hydrogens is 462 g/mol. The summed E-state index contributed by atoms with van der Waals surface area (Å²) in [6, 6.07) is 18.1. The van der Waals surface area contributed by atoms with E-state index in [4.69, 9.17) is 5.10 Å². The van der Waals surface area contributed by atoms with Crippen LogP contribution in [0.15, 0.2) is 71.7 Å². The zero-order valence-corrected chi connectivity index (χ0v) is 20.1. The molecule has 0 saturated heterocycles. The van der Waals surface area contributed by atoms with Crippen molar-refractivity contribution in [2.75, 3.05) is 13.7 Å². The number of carbonyl (C=O) groups is 3. The number of ketones is 1. The second kappa shape index (κ2) is 9.95. The molecule has 3 aromatic heterocycles. The summed E-state index contributed by atoms with van der Waals surface area (Å²) in [6.07, 6.45) is 1.82. The molecule has 10 nitrogen and oxygen atoms in total. The first kappa shape index (κ1) is 24.5. The van der Waals surface area contributed by atoms with Crippen molar-refractivity contribution in [2.24, 2.45) is 5.41 Å². The first-order chi connectivity index (χ1) is 17.2. The third-order valence-electron chi connectivity index (χ3n) is 5.89. The van der Waals surface area contributed by atoms with E-state index in [0.29, 0.717) is 17.0 Å². The van der Waals surface area contributed by atoms with E-state index >= 15 is 0 Å². The molecule has 0 saturated carbocycles. The molecule has 4 rings (SSSR count). The number of Topliss-reactive ketones (excluding diaryl/α,β-unsaturated/α-hetero) is 1. The van der Waals surface area contributed by atoms with E-state index in [9.17, 15) is 19.2 Å². The van der Waals surface area contributed by atoms with Gasteiger partial charge in [0.05, 0.1) is 23.9 Å². The zero-order chi connectivity index (χ0) is 25.9. The molecule has 1 aromatic carbocycles. The van der Waals surface area contributed by atoms with Crippen LogP contribution in [0, 0.1) is 5.41 Å². The third kappa shape index (κ3) is 4.78. The highest BCUT2D eigenvalue weighted by Crippen LogP contribution is 2.33. The van der Waals surface area contributed by atoms with Gasteiger partial charge in [-0.1, -0.05) is 36.4 Å². The molecule has 3 heterocycles. The Morgan fingerprint density at radius 2 is 1.69 bits per heavy atom. The lowest BCUT2D eigenvalue weighted by Gasteiger charge is -2.22. The van der Waals surface area contributed by atoms with Gasteiger partial charge in [0, 0.05) is 17.8 Å². The molecule has 0 radical (unpaired) electrons. The minimum atomic E-state index is -1.51. The number of carbonyl (C=O) groups excluding carboxylic acids is 3. The Hall–Kier alpha value is -4.60. The van der Waals surface area contributed by atoms with E-state index in [1.54, 1.807) is 10.6 Å². The van der Waals surface area contributed by atoms with Gasteiger partial charge in [-0.3, -0.25) is 19.2 Å². The van der Waals surface area contributed by atoms with Crippen LogP contribution < -0.4 is 10.9 Å². The smallest absolute Gasteiger partial charge is 0.325 e. The Labute approximate surface area is 206 Å². The van der Waals surface area contributed by atoms with Crippen molar-refractivity contribution >= 4 is 23.2 Å². The van der Waals surface area contributed by atoms with Gasteiger partial charge in [-0.25, -0.2) is 9.20 Å². The number of benzene rings is 1. The van der Waals surface area contributed by atoms with Gasteiger partial charge >= 0.3 is 5.97 Å². The molecular formula is C26H25N5O5. The molecule has 0 spiro atoms. The van der Waals surface area contributed by atoms with Gasteiger partial charge in [-0.15, -0.1) is 0 Å². The molecule has 4 aromatic rings. The number of rotatable bonds is 8. The molecule has 36 heavy (non-hydrogen) atoms. The van der Waals surface area contributed by atoms with Crippen LogP contribution in [-0.2, 0) is 25.7 Å². The van der Waals surface area contributed by atoms with Crippen LogP contribution in [0.1, 0.15) is 13.8 Å². The summed E-state index contributed by atoms with van der Waals surface area (Å²) in [5.41, 5.74) is 1.49. The topological polar surface area (TPSA) is 125 Å². The first-order valence-electron chi connectivity index (χ1n) is 11.2. The number of nitrogens with one attached hydrogen (secondary N) is 1. The van der Waals surface area contributed by atoms with Crippen LogP contribution in [0.2, 0.25) is 0 Å². The van der Waals surface area contributed by atoms with E-state index in [1.165, 1.54) is 27.0 Å². The molecule has 0 bridgehead atoms. The Morgan fingerprint density at radius 3 is 2.42 bits per heavy atom. The Kier molecular flexibility index (Phi) is 6.77. The highest BCUT2D eigenvalue weighted by molar-refractivity contribution is 6.05. The van der Waals surface area contributed by atoms with Crippen LogP contribution in [-0.4, -0.2) is 50.7 Å². The largest absolute Gasteiger partial charge is 0.468 e. The lowest BCUT2D eigenvalue weighted by atomic mass is 9.87. The number of hydrogen-bond acceptors (Lipinski definition) is 7. The molecule has 184 valence electrons. The number of amides is 1. The molecule has 0 aliphatic rings. The Bertz CT molecular complexity index is 1500. The number of aromatic nitrogens is 4. The van der Waals surface area contributed by atoms with E-state index in [2.05, 4.69) is 15.2 Å². The summed E-state index contributed by atoms with van der Waals surface area (Å²) >= 11 is 0. The third-order valence-corrected chi connectivity index (χ3v) is 5.89. The number of methoxy groups -OCH3 is 1. The van der Waals surface area contributed by atoms with Crippen LogP contribution >= 0.6 is 0 Å². The van der Waals surface area contributed by atoms with E-state index in [-0.39, 0.29) is 6.54 Å². The zero-order valence-electron chi connectivity index (χ0n) is 20.1. The molecule has 0 atom stereocenters. The lowest BCUT2D eigenvalue weighted by molar-refractivity contribution is -0.145. The van der Waals surface area contributed by atoms with Gasteiger partial charge in [0.15, 0.2) is 5.78 Å². The van der Waals surface area contributed by atoms with Gasteiger partial charge in [-0.05, 0) is 32.0 Å². The summed E-state index contributed by atoms with van der Waals surface area (Å²) in [6.45, 7) is 2.06. The minimum absolute atomic E-state index is 0.364. The summed E-state index contributed by atoms with van der Waals surface area (Å²) in [4.78, 5) is 49.5. The molecule has 0 unspecified atom stereocenters. The first-order valence-corrected chi connectivity index (χ1v) is 11.2. The Morgan fingerprint density at radius 1 is 0.972 bits per heavy atom. The summed E-state index contributed by atoms with van der Waals surface area (Å²) in [5, 5.41) is 11.6. The number of esters is 1. The number of hydrogen-bond donors (Lipinski definition) is 1. The highest BCUT2D eigenvalue weighted by Gasteiger charge is 2.36. The van der Waals surface area contributed by atoms with Crippen LogP contribution in [0.3, 0.4) is 0 Å². The number of ether oxygens (including phenoxy) is 1. The number of pyridine rings is 1. The van der Waals surface area contributed by atoms with Gasteiger partial charge in [-0.2, -0.15) is 10.2 Å². The molecule has 0 fully saturated rings. The van der Waals surface area contributed by atoms with Crippen molar-refractivity contribution in [3.05, 3.63) is 77.2 Å². The van der Waals surface area contributed by atoms with Gasteiger partial charge < -0.3 is 10.1 Å². The molecule has 10 heteroatoms. The van der Waals surface area contributed by atoms with E-state index in [0.717, 1.165) is 15.8 Å². The summed E-state index contributed by atoms with van der Waals surface area (Å²) < 4.78 is 7.27. The maximum absolute atomic E-state index is 13.0. The number of fused-ring (bicyclic) bond motifs is 1. The molecule has 1 amide bonds. The highest BCUT2D eigenvalue weighted by atomic mass is 16.5. The van der Waals surface area contributed by atoms with Crippen LogP contribution in [0.25, 0.3) is 28.0 Å². The SMILES string of the molecule is COC(=O)CNC(=O)C(C)(C)C(=O)Cn1nc(-c2c(-c3ccccc3)nn3ccccc23)ccc1=O. The van der Waals surface area contributed by atoms with Gasteiger partial charge in [0.1, 0.15) is 24.2 Å². The van der Waals surface area contributed by atoms with Crippen molar-refractivity contribution in [2.45, 2.75) is 20.4 Å². The minimum Gasteiger partial charge on any atom is -0.468 e. The number of nitrogens with zero attached hydrogens (tertiary/aromatic N) is 4. The normalized spacial score (nSPS) is 11.3. The molecule has 0 aliphatic carbocycles. The quantitative estimate of drug-likeness (QED) is 0.298. The molecule has 0 aliphatic heterocycles. The van der Waals surface area contributed by atoms with Crippen molar-refractivity contribution in [1.29, 1.82) is 0 Å². The van der Waals surface area contributed by atoms with E-state index in [1.807, 2.05) is 54.7 Å². The van der Waals surface area contributed by atoms with E-state index < -0.39 is 35.2 Å². The van der Waals surface area contributed by atoms with Gasteiger partial charge in [0.25, 0.3) is 5.56 Å².